The van der Waals surface area contributed by atoms with Gasteiger partial charge in [0.15, 0.2) is 6.61 Å². The summed E-state index contributed by atoms with van der Waals surface area (Å²) in [5, 5.41) is 10.9. The second-order valence-corrected chi connectivity index (χ2v) is 7.15. The molecule has 1 heterocycles. The number of ether oxygens (including phenoxy) is 1. The zero-order valence-electron chi connectivity index (χ0n) is 17.7. The van der Waals surface area contributed by atoms with Crippen LogP contribution in [0.5, 0.6) is 0 Å². The second kappa shape index (κ2) is 10.9. The van der Waals surface area contributed by atoms with E-state index in [1.807, 2.05) is 61.5 Å². The van der Waals surface area contributed by atoms with E-state index >= 15 is 0 Å². The van der Waals surface area contributed by atoms with Crippen LogP contribution in [0.4, 0.5) is 0 Å². The van der Waals surface area contributed by atoms with Crippen LogP contribution < -0.4 is 5.32 Å². The van der Waals surface area contributed by atoms with Crippen LogP contribution in [-0.4, -0.2) is 33.5 Å². The lowest BCUT2D eigenvalue weighted by Gasteiger charge is -2.14. The van der Waals surface area contributed by atoms with E-state index in [4.69, 9.17) is 4.74 Å². The normalized spacial score (nSPS) is 11.9. The van der Waals surface area contributed by atoms with Gasteiger partial charge in [0.1, 0.15) is 5.69 Å². The van der Waals surface area contributed by atoms with Crippen LogP contribution in [0.3, 0.4) is 0 Å². The van der Waals surface area contributed by atoms with Crippen molar-refractivity contribution in [2.75, 3.05) is 6.61 Å². The van der Waals surface area contributed by atoms with E-state index < -0.39 is 5.97 Å². The van der Waals surface area contributed by atoms with Crippen LogP contribution in [0.25, 0.3) is 6.08 Å². The van der Waals surface area contributed by atoms with Gasteiger partial charge in [0.25, 0.3) is 5.91 Å². The van der Waals surface area contributed by atoms with Gasteiger partial charge in [-0.3, -0.25) is 4.79 Å². The highest BCUT2D eigenvalue weighted by Gasteiger charge is 2.11. The van der Waals surface area contributed by atoms with E-state index in [-0.39, 0.29) is 18.6 Å². The number of esters is 1. The number of nitrogens with zero attached hydrogens (tertiary/aromatic N) is 3. The van der Waals surface area contributed by atoms with Crippen LogP contribution in [0.15, 0.2) is 66.9 Å². The molecule has 0 aliphatic rings. The molecule has 0 aliphatic heterocycles. The molecule has 1 amide bonds. The maximum atomic E-state index is 12.1. The largest absolute Gasteiger partial charge is 0.452 e. The fourth-order valence-electron chi connectivity index (χ4n) is 2.98. The molecule has 7 heteroatoms. The molecule has 3 rings (SSSR count). The summed E-state index contributed by atoms with van der Waals surface area (Å²) in [4.78, 5) is 24.0. The van der Waals surface area contributed by atoms with Gasteiger partial charge in [0.2, 0.25) is 0 Å². The number of benzene rings is 2. The summed E-state index contributed by atoms with van der Waals surface area (Å²) in [5.41, 5.74) is 3.86. The molecule has 0 spiro atoms. The first-order chi connectivity index (χ1) is 15.0. The van der Waals surface area contributed by atoms with Gasteiger partial charge in [-0.05, 0) is 36.1 Å². The minimum atomic E-state index is -0.618. The lowest BCUT2D eigenvalue weighted by molar-refractivity contribution is -0.144. The van der Waals surface area contributed by atoms with E-state index in [1.165, 1.54) is 17.7 Å². The Morgan fingerprint density at radius 2 is 1.84 bits per heavy atom. The molecule has 7 nitrogen and oxygen atoms in total. The Morgan fingerprint density at radius 1 is 1.10 bits per heavy atom. The molecule has 3 aromatic rings. The van der Waals surface area contributed by atoms with E-state index in [1.54, 1.807) is 10.9 Å². The zero-order valence-corrected chi connectivity index (χ0v) is 17.7. The van der Waals surface area contributed by atoms with E-state index in [0.717, 1.165) is 17.5 Å². The summed E-state index contributed by atoms with van der Waals surface area (Å²) in [6.07, 6.45) is 5.44. The highest BCUT2D eigenvalue weighted by molar-refractivity contribution is 5.89. The minimum Gasteiger partial charge on any atom is -0.452 e. The average Bonchev–Trinajstić information content (AvgIpc) is 3.24. The number of aryl methyl sites for hydroxylation is 1. The predicted octanol–water partition coefficient (Wildman–Crippen LogP) is 3.32. The molecule has 1 N–H and O–H groups in total. The molecule has 0 aliphatic carbocycles. The molecule has 0 unspecified atom stereocenters. The monoisotopic (exact) mass is 418 g/mol. The van der Waals surface area contributed by atoms with Gasteiger partial charge < -0.3 is 10.1 Å². The standard InChI is InChI=1S/C24H26N4O3/c1-3-19-9-11-21(12-10-19)18(2)25-23(29)17-31-24(30)14-13-22-16-28(27-26-22)15-20-7-5-4-6-8-20/h4-14,16,18H,3,15,17H2,1-2H3,(H,25,29)/b14-13+/t18-/m0/s1. The number of carbonyl (C=O) groups is 2. The van der Waals surface area contributed by atoms with Crippen LogP contribution in [0.1, 0.15) is 42.3 Å². The Morgan fingerprint density at radius 3 is 2.55 bits per heavy atom. The van der Waals surface area contributed by atoms with Gasteiger partial charge in [-0.2, -0.15) is 0 Å². The summed E-state index contributed by atoms with van der Waals surface area (Å²) in [7, 11) is 0. The fourth-order valence-corrected chi connectivity index (χ4v) is 2.98. The van der Waals surface area contributed by atoms with Crippen LogP contribution >= 0.6 is 0 Å². The van der Waals surface area contributed by atoms with Gasteiger partial charge in [0, 0.05) is 6.08 Å². The molecule has 0 bridgehead atoms. The topological polar surface area (TPSA) is 86.1 Å². The third-order valence-corrected chi connectivity index (χ3v) is 4.74. The summed E-state index contributed by atoms with van der Waals surface area (Å²) in [5.74, 6) is -0.977. The van der Waals surface area contributed by atoms with Gasteiger partial charge in [-0.15, -0.1) is 5.10 Å². The van der Waals surface area contributed by atoms with Gasteiger partial charge in [-0.25, -0.2) is 9.48 Å². The van der Waals surface area contributed by atoms with Crippen molar-refractivity contribution in [1.29, 1.82) is 0 Å². The number of hydrogen-bond acceptors (Lipinski definition) is 5. The molecule has 0 radical (unpaired) electrons. The molecular formula is C24H26N4O3. The predicted molar refractivity (Wildman–Crippen MR) is 118 cm³/mol. The first-order valence-corrected chi connectivity index (χ1v) is 10.2. The Balaban J connectivity index is 1.43. The number of rotatable bonds is 9. The molecule has 31 heavy (non-hydrogen) atoms. The fraction of sp³-hybridized carbons (Fsp3) is 0.250. The Bertz CT molecular complexity index is 1030. The quantitative estimate of drug-likeness (QED) is 0.426. The van der Waals surface area contributed by atoms with Crippen molar-refractivity contribution in [3.63, 3.8) is 0 Å². The number of hydrogen-bond donors (Lipinski definition) is 1. The Kier molecular flexibility index (Phi) is 7.70. The van der Waals surface area contributed by atoms with Crippen LogP contribution in [0.2, 0.25) is 0 Å². The first kappa shape index (κ1) is 22.0. The van der Waals surface area contributed by atoms with Crippen molar-refractivity contribution in [3.05, 3.63) is 89.3 Å². The number of nitrogens with one attached hydrogen (secondary N) is 1. The van der Waals surface area contributed by atoms with E-state index in [9.17, 15) is 9.59 Å². The Labute approximate surface area is 181 Å². The summed E-state index contributed by atoms with van der Waals surface area (Å²) in [6, 6.07) is 17.8. The number of aromatic nitrogens is 3. The first-order valence-electron chi connectivity index (χ1n) is 10.2. The van der Waals surface area contributed by atoms with Crippen LogP contribution in [0, 0.1) is 0 Å². The smallest absolute Gasteiger partial charge is 0.331 e. The zero-order chi connectivity index (χ0) is 22.1. The molecule has 2 aromatic carbocycles. The van der Waals surface area contributed by atoms with Crippen molar-refractivity contribution in [3.8, 4) is 0 Å². The Hall–Kier alpha value is -3.74. The van der Waals surface area contributed by atoms with Gasteiger partial charge >= 0.3 is 5.97 Å². The molecule has 160 valence electrons. The van der Waals surface area contributed by atoms with Crippen molar-refractivity contribution in [2.24, 2.45) is 0 Å². The van der Waals surface area contributed by atoms with Crippen molar-refractivity contribution in [1.82, 2.24) is 20.3 Å². The maximum Gasteiger partial charge on any atom is 0.331 e. The lowest BCUT2D eigenvalue weighted by atomic mass is 10.1. The minimum absolute atomic E-state index is 0.174. The van der Waals surface area contributed by atoms with Crippen molar-refractivity contribution in [2.45, 2.75) is 32.9 Å². The summed E-state index contributed by atoms with van der Waals surface area (Å²) < 4.78 is 6.69. The third kappa shape index (κ3) is 6.92. The molecule has 1 atom stereocenters. The van der Waals surface area contributed by atoms with E-state index in [0.29, 0.717) is 12.2 Å². The SMILES string of the molecule is CCc1ccc([C@H](C)NC(=O)COC(=O)/C=C/c2cn(Cc3ccccc3)nn2)cc1. The molecule has 0 fully saturated rings. The van der Waals surface area contributed by atoms with E-state index in [2.05, 4.69) is 22.6 Å². The average molecular weight is 418 g/mol. The molecular weight excluding hydrogens is 392 g/mol. The van der Waals surface area contributed by atoms with Crippen LogP contribution in [-0.2, 0) is 27.3 Å². The summed E-state index contributed by atoms with van der Waals surface area (Å²) in [6.45, 7) is 4.22. The van der Waals surface area contributed by atoms with Gasteiger partial charge in [-0.1, -0.05) is 66.7 Å². The highest BCUT2D eigenvalue weighted by atomic mass is 16.5. The van der Waals surface area contributed by atoms with Crippen molar-refractivity contribution >= 4 is 18.0 Å². The molecule has 0 saturated carbocycles. The lowest BCUT2D eigenvalue weighted by Crippen LogP contribution is -2.30. The second-order valence-electron chi connectivity index (χ2n) is 7.15. The highest BCUT2D eigenvalue weighted by Crippen LogP contribution is 2.13. The van der Waals surface area contributed by atoms with Crippen molar-refractivity contribution < 1.29 is 14.3 Å². The molecule has 1 aromatic heterocycles. The maximum absolute atomic E-state index is 12.1. The number of carbonyl (C=O) groups excluding carboxylic acids is 2. The number of amides is 1. The third-order valence-electron chi connectivity index (χ3n) is 4.74. The van der Waals surface area contributed by atoms with Gasteiger partial charge in [0.05, 0.1) is 18.8 Å². The molecule has 0 saturated heterocycles. The summed E-state index contributed by atoms with van der Waals surface area (Å²) >= 11 is 0.